The van der Waals surface area contributed by atoms with E-state index in [2.05, 4.69) is 0 Å². The molecule has 0 N–H and O–H groups in total. The molecule has 0 saturated carbocycles. The molecule has 0 bridgehead atoms. The van der Waals surface area contributed by atoms with E-state index in [1.54, 1.807) is 0 Å². The van der Waals surface area contributed by atoms with Gasteiger partial charge in [-0.05, 0) is 0 Å². The summed E-state index contributed by atoms with van der Waals surface area (Å²) in [5.74, 6) is 1.86. The number of hydrogen-bond donors (Lipinski definition) is 0. The fourth-order valence-corrected chi connectivity index (χ4v) is 1.22. The Morgan fingerprint density at radius 3 is 2.55 bits per heavy atom. The average molecular weight is 327 g/mol. The number of carbonyl (C=O) groups excluding carboxylic acids is 1. The van der Waals surface area contributed by atoms with Gasteiger partial charge in [-0.15, -0.1) is 0 Å². The van der Waals surface area contributed by atoms with Crippen molar-refractivity contribution < 1.29 is 53.5 Å². The van der Waals surface area contributed by atoms with Gasteiger partial charge in [0, 0.05) is 0 Å². The molecular formula is C7H8Br2CoO. The zero-order valence-corrected chi connectivity index (χ0v) is 10.1. The van der Waals surface area contributed by atoms with E-state index in [1.165, 1.54) is 0 Å². The molecule has 0 unspecified atom stereocenters. The molecule has 0 aromatic carbocycles. The van der Waals surface area contributed by atoms with Gasteiger partial charge < -0.3 is 34.0 Å². The van der Waals surface area contributed by atoms with Gasteiger partial charge in [-0.3, -0.25) is 0 Å². The van der Waals surface area contributed by atoms with Crippen molar-refractivity contribution in [2.24, 2.45) is 0 Å². The summed E-state index contributed by atoms with van der Waals surface area (Å²) >= 11 is 0.873. The number of hydrogen-bond acceptors (Lipinski definition) is 1. The first kappa shape index (κ1) is 14.2. The molecule has 0 aromatic rings. The molecule has 0 fully saturated rings. The van der Waals surface area contributed by atoms with E-state index in [-0.39, 0.29) is 38.7 Å². The van der Waals surface area contributed by atoms with Crippen LogP contribution in [0.4, 0.5) is 0 Å². The summed E-state index contributed by atoms with van der Waals surface area (Å²) in [4.78, 5) is 10.9. The second-order valence-electron chi connectivity index (χ2n) is 1.74. The van der Waals surface area contributed by atoms with Gasteiger partial charge >= 0.3 is 60.3 Å². The van der Waals surface area contributed by atoms with Crippen molar-refractivity contribution in [2.45, 2.75) is 12.3 Å². The number of allylic oxidation sites excluding steroid dienone is 4. The Hall–Kier alpha value is 0.616. The average Bonchev–Trinajstić information content (AvgIpc) is 2.37. The summed E-state index contributed by atoms with van der Waals surface area (Å²) < 4.78 is 0.247. The van der Waals surface area contributed by atoms with Crippen molar-refractivity contribution in [1.29, 1.82) is 0 Å². The normalized spacial score (nSPS) is 13.0. The quantitative estimate of drug-likeness (QED) is 0.500. The monoisotopic (exact) mass is 325 g/mol. The van der Waals surface area contributed by atoms with E-state index in [4.69, 9.17) is 0 Å². The molecule has 4 heteroatoms. The fraction of sp³-hybridized carbons (Fsp3) is 0.286. The van der Waals surface area contributed by atoms with Crippen LogP contribution < -0.4 is 34.0 Å². The van der Waals surface area contributed by atoms with Gasteiger partial charge in [0.15, 0.2) is 0 Å². The van der Waals surface area contributed by atoms with Gasteiger partial charge in [0.25, 0.3) is 0 Å². The Balaban J connectivity index is 0. The van der Waals surface area contributed by atoms with E-state index in [1.807, 2.05) is 24.1 Å². The van der Waals surface area contributed by atoms with Crippen molar-refractivity contribution in [2.75, 3.05) is 0 Å². The third kappa shape index (κ3) is 4.25. The molecule has 1 aliphatic carbocycles. The van der Waals surface area contributed by atoms with Crippen LogP contribution in [0.25, 0.3) is 0 Å². The fourth-order valence-electron chi connectivity index (χ4n) is 0.692. The van der Waals surface area contributed by atoms with E-state index in [0.717, 1.165) is 26.7 Å². The molecule has 0 aromatic heterocycles. The molecular weight excluding hydrogens is 319 g/mol. The van der Waals surface area contributed by atoms with Crippen LogP contribution in [-0.2, 0) is 19.5 Å². The van der Waals surface area contributed by atoms with Crippen molar-refractivity contribution >= 4 is 4.72 Å². The molecule has 0 atom stereocenters. The maximum absolute atomic E-state index is 10.9. The van der Waals surface area contributed by atoms with Gasteiger partial charge in [-0.1, -0.05) is 0 Å². The molecule has 0 heterocycles. The van der Waals surface area contributed by atoms with Gasteiger partial charge in [0.1, 0.15) is 0 Å². The molecule has 11 heavy (non-hydrogen) atoms. The third-order valence-electron chi connectivity index (χ3n) is 1.16. The number of carbonyl (C=O) groups is 1. The molecule has 0 spiro atoms. The summed E-state index contributed by atoms with van der Waals surface area (Å²) in [5, 5.41) is 0. The SMILES string of the molecule is [Br-].[Br-].[CH3][Co+2][C](=O)C1=CC=CC1. The predicted octanol–water partition coefficient (Wildman–Crippen LogP) is -4.46. The van der Waals surface area contributed by atoms with Crippen molar-refractivity contribution in [3.63, 3.8) is 0 Å². The zero-order valence-electron chi connectivity index (χ0n) is 5.94. The molecule has 0 saturated heterocycles. The van der Waals surface area contributed by atoms with Crippen LogP contribution in [0.15, 0.2) is 23.8 Å². The molecule has 1 rings (SSSR count). The number of halogens is 2. The second kappa shape index (κ2) is 7.28. The predicted molar refractivity (Wildman–Crippen MR) is 32.7 cm³/mol. The number of rotatable bonds is 2. The third-order valence-corrected chi connectivity index (χ3v) is 1.97. The summed E-state index contributed by atoms with van der Waals surface area (Å²) in [6.07, 6.45) is 6.65. The van der Waals surface area contributed by atoms with Crippen LogP contribution in [0.5, 0.6) is 0 Å². The molecule has 0 amide bonds. The summed E-state index contributed by atoms with van der Waals surface area (Å²) in [6.45, 7) is 0. The first-order valence-electron chi connectivity index (χ1n) is 2.67. The van der Waals surface area contributed by atoms with Crippen LogP contribution in [0, 0.1) is 0 Å². The van der Waals surface area contributed by atoms with Gasteiger partial charge in [0.2, 0.25) is 0 Å². The van der Waals surface area contributed by atoms with E-state index < -0.39 is 0 Å². The van der Waals surface area contributed by atoms with Gasteiger partial charge in [-0.2, -0.15) is 0 Å². The Morgan fingerprint density at radius 2 is 2.18 bits per heavy atom. The Bertz CT molecular complexity index is 187. The molecule has 1 nitrogen and oxygen atoms in total. The summed E-state index contributed by atoms with van der Waals surface area (Å²) in [5.41, 5.74) is 0.942. The topological polar surface area (TPSA) is 17.1 Å². The molecule has 0 radical (unpaired) electrons. The second-order valence-corrected chi connectivity index (χ2v) is 2.74. The van der Waals surface area contributed by atoms with Crippen LogP contribution in [0.3, 0.4) is 0 Å². The van der Waals surface area contributed by atoms with Crippen molar-refractivity contribution in [3.8, 4) is 0 Å². The minimum atomic E-state index is 0. The zero-order chi connectivity index (χ0) is 6.69. The van der Waals surface area contributed by atoms with Crippen LogP contribution in [-0.4, -0.2) is 4.72 Å². The van der Waals surface area contributed by atoms with Gasteiger partial charge in [0.05, 0.1) is 0 Å². The minimum absolute atomic E-state index is 0. The summed E-state index contributed by atoms with van der Waals surface area (Å²) in [7, 11) is 0. The Kier molecular flexibility index (Phi) is 9.36. The van der Waals surface area contributed by atoms with Crippen LogP contribution >= 0.6 is 0 Å². The van der Waals surface area contributed by atoms with Crippen LogP contribution in [0.2, 0.25) is 5.86 Å². The first-order valence-corrected chi connectivity index (χ1v) is 4.23. The Morgan fingerprint density at radius 1 is 1.55 bits per heavy atom. The van der Waals surface area contributed by atoms with Crippen molar-refractivity contribution in [1.82, 2.24) is 0 Å². The first-order chi connectivity index (χ1) is 4.34. The van der Waals surface area contributed by atoms with Crippen LogP contribution in [0.1, 0.15) is 6.42 Å². The Labute approximate surface area is 93.8 Å². The van der Waals surface area contributed by atoms with E-state index in [0.29, 0.717) is 0 Å². The van der Waals surface area contributed by atoms with Crippen molar-refractivity contribution in [3.05, 3.63) is 23.8 Å². The van der Waals surface area contributed by atoms with E-state index >= 15 is 0 Å². The summed E-state index contributed by atoms with van der Waals surface area (Å²) in [6, 6.07) is 0. The standard InChI is InChI=1S/C6H5O.CH3.2BrH.Co/c7-5-6-3-1-2-4-6;;;;/h1-3H,4H2;1H3;2*1H;/q;;;;+2/p-2. The maximum atomic E-state index is 10.9. The molecule has 65 valence electrons. The van der Waals surface area contributed by atoms with Gasteiger partial charge in [-0.25, -0.2) is 0 Å². The van der Waals surface area contributed by atoms with E-state index in [9.17, 15) is 4.79 Å². The molecule has 1 aliphatic rings. The molecule has 0 aliphatic heterocycles.